The van der Waals surface area contributed by atoms with Gasteiger partial charge < -0.3 is 10.6 Å². The predicted molar refractivity (Wildman–Crippen MR) is 73.5 cm³/mol. The van der Waals surface area contributed by atoms with Crippen LogP contribution in [0.5, 0.6) is 0 Å². The van der Waals surface area contributed by atoms with Gasteiger partial charge in [-0.2, -0.15) is 15.0 Å². The molecule has 94 valence electrons. The van der Waals surface area contributed by atoms with Crippen molar-refractivity contribution >= 4 is 29.2 Å². The lowest BCUT2D eigenvalue weighted by Gasteiger charge is -2.07. The number of rotatable bonds is 4. The molecule has 18 heavy (non-hydrogen) atoms. The van der Waals surface area contributed by atoms with Crippen LogP contribution in [0, 0.1) is 6.92 Å². The molecule has 6 heteroatoms. The molecule has 0 fully saturated rings. The van der Waals surface area contributed by atoms with Crippen LogP contribution in [0.15, 0.2) is 24.3 Å². The minimum atomic E-state index is 0.163. The second-order valence-corrected chi connectivity index (χ2v) is 4.11. The van der Waals surface area contributed by atoms with Crippen LogP contribution in [-0.4, -0.2) is 21.5 Å². The third-order valence-electron chi connectivity index (χ3n) is 2.22. The third-order valence-corrected chi connectivity index (χ3v) is 2.39. The SMILES string of the molecule is CCNc1nc(Cl)nc(Nc2cccc(C)c2)n1. The number of anilines is 3. The van der Waals surface area contributed by atoms with E-state index in [0.29, 0.717) is 11.9 Å². The number of aromatic nitrogens is 3. The Morgan fingerprint density at radius 1 is 1.17 bits per heavy atom. The molecule has 2 aromatic rings. The van der Waals surface area contributed by atoms with Gasteiger partial charge in [-0.3, -0.25) is 0 Å². The monoisotopic (exact) mass is 263 g/mol. The van der Waals surface area contributed by atoms with E-state index < -0.39 is 0 Å². The maximum Gasteiger partial charge on any atom is 0.233 e. The second kappa shape index (κ2) is 5.64. The molecule has 2 N–H and O–H groups in total. The summed E-state index contributed by atoms with van der Waals surface area (Å²) in [5, 5.41) is 6.26. The van der Waals surface area contributed by atoms with Gasteiger partial charge in [0.15, 0.2) is 0 Å². The van der Waals surface area contributed by atoms with Crippen LogP contribution in [0.25, 0.3) is 0 Å². The summed E-state index contributed by atoms with van der Waals surface area (Å²) >= 11 is 5.84. The lowest BCUT2D eigenvalue weighted by Crippen LogP contribution is -2.06. The fourth-order valence-corrected chi connectivity index (χ4v) is 1.66. The van der Waals surface area contributed by atoms with Gasteiger partial charge in [-0.15, -0.1) is 0 Å². The molecule has 0 aliphatic heterocycles. The van der Waals surface area contributed by atoms with E-state index in [9.17, 15) is 0 Å². The average molecular weight is 264 g/mol. The van der Waals surface area contributed by atoms with Crippen molar-refractivity contribution < 1.29 is 0 Å². The van der Waals surface area contributed by atoms with Crippen molar-refractivity contribution in [1.29, 1.82) is 0 Å². The quantitative estimate of drug-likeness (QED) is 0.888. The summed E-state index contributed by atoms with van der Waals surface area (Å²) in [6.45, 7) is 4.71. The fraction of sp³-hybridized carbons (Fsp3) is 0.250. The highest BCUT2D eigenvalue weighted by atomic mass is 35.5. The zero-order valence-corrected chi connectivity index (χ0v) is 11.0. The van der Waals surface area contributed by atoms with Crippen LogP contribution in [0.2, 0.25) is 5.28 Å². The molecule has 0 bridgehead atoms. The first-order valence-electron chi connectivity index (χ1n) is 5.66. The van der Waals surface area contributed by atoms with E-state index in [0.717, 1.165) is 17.8 Å². The van der Waals surface area contributed by atoms with Crippen molar-refractivity contribution in [2.75, 3.05) is 17.2 Å². The Morgan fingerprint density at radius 3 is 2.67 bits per heavy atom. The van der Waals surface area contributed by atoms with Crippen LogP contribution < -0.4 is 10.6 Å². The number of halogens is 1. The standard InChI is InChI=1S/C12H14ClN5/c1-3-14-11-16-10(13)17-12(18-11)15-9-6-4-5-8(2)7-9/h4-7H,3H2,1-2H3,(H2,14,15,16,17,18). The van der Waals surface area contributed by atoms with Crippen molar-refractivity contribution in [2.45, 2.75) is 13.8 Å². The maximum atomic E-state index is 5.84. The Labute approximate surface area is 111 Å². The summed E-state index contributed by atoms with van der Waals surface area (Å²) in [5.41, 5.74) is 2.08. The molecule has 0 spiro atoms. The smallest absolute Gasteiger partial charge is 0.233 e. The molecular formula is C12H14ClN5. The van der Waals surface area contributed by atoms with E-state index in [2.05, 4.69) is 25.6 Å². The Balaban J connectivity index is 2.23. The zero-order valence-electron chi connectivity index (χ0n) is 10.2. The topological polar surface area (TPSA) is 62.7 Å². The van der Waals surface area contributed by atoms with Crippen molar-refractivity contribution in [3.63, 3.8) is 0 Å². The molecular weight excluding hydrogens is 250 g/mol. The molecule has 0 saturated heterocycles. The second-order valence-electron chi connectivity index (χ2n) is 3.78. The number of aryl methyl sites for hydroxylation is 1. The summed E-state index contributed by atoms with van der Waals surface area (Å²) in [6.07, 6.45) is 0. The first-order chi connectivity index (χ1) is 8.67. The van der Waals surface area contributed by atoms with Gasteiger partial charge in [-0.25, -0.2) is 0 Å². The molecule has 1 aromatic heterocycles. The van der Waals surface area contributed by atoms with Gasteiger partial charge in [0, 0.05) is 12.2 Å². The number of hydrogen-bond acceptors (Lipinski definition) is 5. The number of nitrogens with one attached hydrogen (secondary N) is 2. The van der Waals surface area contributed by atoms with Gasteiger partial charge in [-0.05, 0) is 43.1 Å². The molecule has 0 saturated carbocycles. The van der Waals surface area contributed by atoms with Gasteiger partial charge in [-0.1, -0.05) is 12.1 Å². The minimum Gasteiger partial charge on any atom is -0.354 e. The highest BCUT2D eigenvalue weighted by Crippen LogP contribution is 2.16. The Hall–Kier alpha value is -1.88. The summed E-state index contributed by atoms with van der Waals surface area (Å²) in [7, 11) is 0. The number of benzene rings is 1. The highest BCUT2D eigenvalue weighted by Gasteiger charge is 2.04. The molecule has 0 amide bonds. The Kier molecular flexibility index (Phi) is 3.94. The normalized spacial score (nSPS) is 10.2. The highest BCUT2D eigenvalue weighted by molar-refractivity contribution is 6.28. The summed E-state index contributed by atoms with van der Waals surface area (Å²) in [5.74, 6) is 0.893. The largest absolute Gasteiger partial charge is 0.354 e. The van der Waals surface area contributed by atoms with Gasteiger partial charge in [0.1, 0.15) is 0 Å². The van der Waals surface area contributed by atoms with Crippen molar-refractivity contribution in [3.8, 4) is 0 Å². The van der Waals surface area contributed by atoms with E-state index in [1.54, 1.807) is 0 Å². The number of hydrogen-bond donors (Lipinski definition) is 2. The van der Waals surface area contributed by atoms with Gasteiger partial charge in [0.05, 0.1) is 0 Å². The van der Waals surface area contributed by atoms with E-state index >= 15 is 0 Å². The molecule has 0 aliphatic rings. The van der Waals surface area contributed by atoms with E-state index in [4.69, 9.17) is 11.6 Å². The summed E-state index contributed by atoms with van der Waals surface area (Å²) < 4.78 is 0. The van der Waals surface area contributed by atoms with Gasteiger partial charge in [0.25, 0.3) is 0 Å². The summed E-state index contributed by atoms with van der Waals surface area (Å²) in [4.78, 5) is 12.2. The van der Waals surface area contributed by atoms with Crippen molar-refractivity contribution in [3.05, 3.63) is 35.1 Å². The number of nitrogens with zero attached hydrogens (tertiary/aromatic N) is 3. The molecule has 0 unspecified atom stereocenters. The van der Waals surface area contributed by atoms with Crippen molar-refractivity contribution in [2.24, 2.45) is 0 Å². The van der Waals surface area contributed by atoms with Crippen LogP contribution in [0.1, 0.15) is 12.5 Å². The lowest BCUT2D eigenvalue weighted by molar-refractivity contribution is 1.02. The Bertz CT molecular complexity index is 544. The fourth-order valence-electron chi connectivity index (χ4n) is 1.50. The molecule has 2 rings (SSSR count). The molecule has 1 aromatic carbocycles. The first kappa shape index (κ1) is 12.6. The predicted octanol–water partition coefficient (Wildman–Crippen LogP) is 3.01. The molecule has 0 atom stereocenters. The van der Waals surface area contributed by atoms with Crippen molar-refractivity contribution in [1.82, 2.24) is 15.0 Å². The van der Waals surface area contributed by atoms with E-state index in [-0.39, 0.29) is 5.28 Å². The summed E-state index contributed by atoms with van der Waals surface area (Å²) in [6, 6.07) is 7.93. The lowest BCUT2D eigenvalue weighted by atomic mass is 10.2. The van der Waals surface area contributed by atoms with Crippen LogP contribution in [0.4, 0.5) is 17.6 Å². The zero-order chi connectivity index (χ0) is 13.0. The van der Waals surface area contributed by atoms with Crippen LogP contribution >= 0.6 is 11.6 Å². The van der Waals surface area contributed by atoms with Crippen LogP contribution in [0.3, 0.4) is 0 Å². The average Bonchev–Trinajstić information content (AvgIpc) is 2.28. The van der Waals surface area contributed by atoms with Gasteiger partial charge in [0.2, 0.25) is 17.2 Å². The van der Waals surface area contributed by atoms with Crippen LogP contribution in [-0.2, 0) is 0 Å². The minimum absolute atomic E-state index is 0.163. The third kappa shape index (κ3) is 3.30. The van der Waals surface area contributed by atoms with Gasteiger partial charge >= 0.3 is 0 Å². The van der Waals surface area contributed by atoms with E-state index in [1.807, 2.05) is 38.1 Å². The molecule has 5 nitrogen and oxygen atoms in total. The molecule has 0 aliphatic carbocycles. The molecule has 1 heterocycles. The Morgan fingerprint density at radius 2 is 1.94 bits per heavy atom. The van der Waals surface area contributed by atoms with E-state index in [1.165, 1.54) is 0 Å². The maximum absolute atomic E-state index is 5.84. The molecule has 0 radical (unpaired) electrons. The first-order valence-corrected chi connectivity index (χ1v) is 6.04.